The van der Waals surface area contributed by atoms with Gasteiger partial charge in [0.2, 0.25) is 6.10 Å². The van der Waals surface area contributed by atoms with E-state index >= 15 is 0 Å². The smallest absolute Gasteiger partial charge is 0.348 e. The van der Waals surface area contributed by atoms with Crippen molar-refractivity contribution in [2.45, 2.75) is 11.0 Å². The molecular weight excluding hydrogens is 356 g/mol. The Balaban J connectivity index is 2.10. The van der Waals surface area contributed by atoms with Gasteiger partial charge in [0, 0.05) is 0 Å². The van der Waals surface area contributed by atoms with Crippen LogP contribution in [0.3, 0.4) is 0 Å². The Morgan fingerprint density at radius 3 is 2.60 bits per heavy atom. The van der Waals surface area contributed by atoms with Crippen LogP contribution in [0.1, 0.15) is 0 Å². The third kappa shape index (κ3) is 3.02. The van der Waals surface area contributed by atoms with E-state index in [1.807, 2.05) is 0 Å². The fourth-order valence-electron chi connectivity index (χ4n) is 2.45. The Morgan fingerprint density at radius 2 is 1.92 bits per heavy atom. The lowest BCUT2D eigenvalue weighted by molar-refractivity contribution is -0.148. The molecule has 9 heteroatoms. The van der Waals surface area contributed by atoms with Crippen molar-refractivity contribution in [3.63, 3.8) is 0 Å². The molecule has 0 N–H and O–H groups in total. The largest absolute Gasteiger partial charge is 0.475 e. The molecule has 1 atom stereocenters. The minimum atomic E-state index is -4.25. The molecule has 0 radical (unpaired) electrons. The number of hydrogen-bond acceptors (Lipinski definition) is 5. The van der Waals surface area contributed by atoms with Crippen LogP contribution in [-0.2, 0) is 19.6 Å². The molecule has 0 spiro atoms. The van der Waals surface area contributed by atoms with Crippen LogP contribution < -0.4 is 9.04 Å². The molecule has 0 amide bonds. The average Bonchev–Trinajstić information content (AvgIpc) is 2.62. The summed E-state index contributed by atoms with van der Waals surface area (Å²) in [6, 6.07) is 8.47. The van der Waals surface area contributed by atoms with E-state index in [9.17, 15) is 22.0 Å². The van der Waals surface area contributed by atoms with Crippen LogP contribution in [0.2, 0.25) is 0 Å². The van der Waals surface area contributed by atoms with E-state index in [2.05, 4.69) is 4.74 Å². The Bertz CT molecular complexity index is 932. The Hall–Kier alpha value is -2.68. The molecule has 0 bridgehead atoms. The topological polar surface area (TPSA) is 72.9 Å². The number of fused-ring (bicyclic) bond motifs is 1. The standard InChI is InChI=1S/C16H13F2NO5S/c1-23-16(20)15-9-19(13-4-2-3-5-14(13)24-15)25(21,22)10-6-7-11(17)12(18)8-10/h2-8,15H,9H2,1H3/t15-/m1/s1. The molecule has 0 fully saturated rings. The van der Waals surface area contributed by atoms with E-state index in [-0.39, 0.29) is 18.0 Å². The molecule has 0 unspecified atom stereocenters. The lowest BCUT2D eigenvalue weighted by atomic mass is 10.2. The maximum absolute atomic E-state index is 13.5. The fraction of sp³-hybridized carbons (Fsp3) is 0.188. The van der Waals surface area contributed by atoms with Gasteiger partial charge in [-0.15, -0.1) is 0 Å². The van der Waals surface area contributed by atoms with E-state index in [0.29, 0.717) is 6.07 Å². The molecule has 2 aromatic rings. The van der Waals surface area contributed by atoms with Crippen molar-refractivity contribution in [1.29, 1.82) is 0 Å². The van der Waals surface area contributed by atoms with Gasteiger partial charge in [-0.2, -0.15) is 0 Å². The molecule has 1 aliphatic rings. The van der Waals surface area contributed by atoms with E-state index < -0.39 is 38.6 Å². The number of sulfonamides is 1. The summed E-state index contributed by atoms with van der Waals surface area (Å²) in [6.07, 6.45) is -1.18. The third-order valence-electron chi connectivity index (χ3n) is 3.68. The fourth-order valence-corrected chi connectivity index (χ4v) is 3.94. The second-order valence-electron chi connectivity index (χ2n) is 5.21. The molecule has 0 aromatic heterocycles. The first-order valence-corrected chi connectivity index (χ1v) is 8.60. The molecule has 25 heavy (non-hydrogen) atoms. The van der Waals surface area contributed by atoms with Gasteiger partial charge in [-0.25, -0.2) is 22.0 Å². The van der Waals surface area contributed by atoms with Crippen LogP contribution in [0.4, 0.5) is 14.5 Å². The minimum absolute atomic E-state index is 0.162. The first kappa shape index (κ1) is 17.2. The average molecular weight is 369 g/mol. The maximum atomic E-state index is 13.5. The first-order valence-electron chi connectivity index (χ1n) is 7.16. The SMILES string of the molecule is COC(=O)[C@H]1CN(S(=O)(=O)c2ccc(F)c(F)c2)c2ccccc2O1. The first-order chi connectivity index (χ1) is 11.8. The Morgan fingerprint density at radius 1 is 1.20 bits per heavy atom. The Labute approximate surface area is 142 Å². The van der Waals surface area contributed by atoms with Crippen LogP contribution >= 0.6 is 0 Å². The second kappa shape index (κ2) is 6.32. The number of methoxy groups -OCH3 is 1. The molecule has 1 heterocycles. The molecule has 6 nitrogen and oxygen atoms in total. The van der Waals surface area contributed by atoms with Gasteiger partial charge >= 0.3 is 5.97 Å². The zero-order valence-electron chi connectivity index (χ0n) is 13.0. The van der Waals surface area contributed by atoms with Crippen molar-refractivity contribution < 1.29 is 31.5 Å². The highest BCUT2D eigenvalue weighted by Crippen LogP contribution is 2.37. The number of benzene rings is 2. The summed E-state index contributed by atoms with van der Waals surface area (Å²) in [5, 5.41) is 0. The summed E-state index contributed by atoms with van der Waals surface area (Å²) in [5.41, 5.74) is 0.187. The molecular formula is C16H13F2NO5S. The maximum Gasteiger partial charge on any atom is 0.348 e. The molecule has 3 rings (SSSR count). The lowest BCUT2D eigenvalue weighted by Crippen LogP contribution is -2.47. The van der Waals surface area contributed by atoms with E-state index in [1.165, 1.54) is 12.1 Å². The zero-order chi connectivity index (χ0) is 18.2. The van der Waals surface area contributed by atoms with Gasteiger partial charge in [0.25, 0.3) is 10.0 Å². The minimum Gasteiger partial charge on any atom is -0.475 e. The number of para-hydroxylation sites is 2. The van der Waals surface area contributed by atoms with Crippen LogP contribution in [-0.4, -0.2) is 34.1 Å². The van der Waals surface area contributed by atoms with Gasteiger partial charge in [-0.05, 0) is 30.3 Å². The Kier molecular flexibility index (Phi) is 4.34. The van der Waals surface area contributed by atoms with Crippen LogP contribution in [0.25, 0.3) is 0 Å². The van der Waals surface area contributed by atoms with Crippen LogP contribution in [0.15, 0.2) is 47.4 Å². The number of halogens is 2. The van der Waals surface area contributed by atoms with E-state index in [4.69, 9.17) is 4.74 Å². The number of carbonyl (C=O) groups excluding carboxylic acids is 1. The monoisotopic (exact) mass is 369 g/mol. The highest BCUT2D eigenvalue weighted by molar-refractivity contribution is 7.92. The predicted octanol–water partition coefficient (Wildman–Crippen LogP) is 2.09. The number of hydrogen-bond donors (Lipinski definition) is 0. The number of rotatable bonds is 3. The zero-order valence-corrected chi connectivity index (χ0v) is 13.8. The van der Waals surface area contributed by atoms with Gasteiger partial charge in [0.15, 0.2) is 11.6 Å². The summed E-state index contributed by atoms with van der Waals surface area (Å²) in [5.74, 6) is -3.03. The van der Waals surface area contributed by atoms with Crippen molar-refractivity contribution in [3.8, 4) is 5.75 Å². The molecule has 1 aliphatic heterocycles. The van der Waals surface area contributed by atoms with Gasteiger partial charge in [-0.1, -0.05) is 12.1 Å². The summed E-state index contributed by atoms with van der Waals surface area (Å²) < 4.78 is 63.4. The summed E-state index contributed by atoms with van der Waals surface area (Å²) in [4.78, 5) is 11.4. The van der Waals surface area contributed by atoms with Crippen molar-refractivity contribution in [2.75, 3.05) is 18.0 Å². The van der Waals surface area contributed by atoms with E-state index in [0.717, 1.165) is 23.5 Å². The number of nitrogens with zero attached hydrogens (tertiary/aromatic N) is 1. The van der Waals surface area contributed by atoms with Crippen molar-refractivity contribution >= 4 is 21.7 Å². The van der Waals surface area contributed by atoms with E-state index in [1.54, 1.807) is 12.1 Å². The van der Waals surface area contributed by atoms with Gasteiger partial charge < -0.3 is 9.47 Å². The second-order valence-corrected chi connectivity index (χ2v) is 7.07. The van der Waals surface area contributed by atoms with Crippen molar-refractivity contribution in [1.82, 2.24) is 0 Å². The third-order valence-corrected chi connectivity index (χ3v) is 5.45. The molecule has 0 aliphatic carbocycles. The lowest BCUT2D eigenvalue weighted by Gasteiger charge is -2.34. The highest BCUT2D eigenvalue weighted by atomic mass is 32.2. The number of anilines is 1. The van der Waals surface area contributed by atoms with Crippen LogP contribution in [0.5, 0.6) is 5.75 Å². The van der Waals surface area contributed by atoms with Crippen LogP contribution in [0, 0.1) is 11.6 Å². The quantitative estimate of drug-likeness (QED) is 0.775. The highest BCUT2D eigenvalue weighted by Gasteiger charge is 2.38. The molecule has 132 valence electrons. The summed E-state index contributed by atoms with van der Waals surface area (Å²) in [6.45, 7) is -0.356. The summed E-state index contributed by atoms with van der Waals surface area (Å²) >= 11 is 0. The van der Waals surface area contributed by atoms with Gasteiger partial charge in [-0.3, -0.25) is 4.31 Å². The molecule has 0 saturated heterocycles. The molecule has 0 saturated carbocycles. The van der Waals surface area contributed by atoms with Crippen molar-refractivity contribution in [2.24, 2.45) is 0 Å². The number of ether oxygens (including phenoxy) is 2. The van der Waals surface area contributed by atoms with Gasteiger partial charge in [0.05, 0.1) is 24.2 Å². The predicted molar refractivity (Wildman–Crippen MR) is 83.8 cm³/mol. The summed E-state index contributed by atoms with van der Waals surface area (Å²) in [7, 11) is -3.10. The number of esters is 1. The molecule has 2 aromatic carbocycles. The van der Waals surface area contributed by atoms with Gasteiger partial charge in [0.1, 0.15) is 5.75 Å². The van der Waals surface area contributed by atoms with Crippen molar-refractivity contribution in [3.05, 3.63) is 54.1 Å². The number of carbonyl (C=O) groups is 1. The normalized spacial score (nSPS) is 16.8.